The van der Waals surface area contributed by atoms with Crippen LogP contribution in [0, 0.1) is 5.92 Å². The molecule has 84 valence electrons. The van der Waals surface area contributed by atoms with Crippen molar-refractivity contribution >= 4 is 0 Å². The van der Waals surface area contributed by atoms with Gasteiger partial charge in [0.1, 0.15) is 11.5 Å². The van der Waals surface area contributed by atoms with Gasteiger partial charge in [-0.3, -0.25) is 0 Å². The van der Waals surface area contributed by atoms with Gasteiger partial charge in [-0.1, -0.05) is 6.92 Å². The molecule has 0 heterocycles. The largest absolute Gasteiger partial charge is 0.510 e. The monoisotopic (exact) mass is 205 g/mol. The van der Waals surface area contributed by atoms with E-state index >= 15 is 0 Å². The zero-order chi connectivity index (χ0) is 11.1. The zero-order valence-electron chi connectivity index (χ0n) is 8.60. The summed E-state index contributed by atoms with van der Waals surface area (Å²) in [4.78, 5) is 0. The van der Waals surface area contributed by atoms with E-state index in [0.29, 0.717) is 12.8 Å². The Bertz CT molecular complexity index is 193. The minimum atomic E-state index is -1.29. The van der Waals surface area contributed by atoms with Gasteiger partial charge in [0.15, 0.2) is 6.29 Å². The lowest BCUT2D eigenvalue weighted by atomic mass is 9.99. The molecule has 0 saturated heterocycles. The third-order valence-corrected chi connectivity index (χ3v) is 2.14. The molecule has 0 spiro atoms. The Morgan fingerprint density at radius 2 is 2.07 bits per heavy atom. The van der Waals surface area contributed by atoms with Crippen molar-refractivity contribution in [3.05, 3.63) is 11.5 Å². The Morgan fingerprint density at radius 3 is 2.43 bits per heavy atom. The van der Waals surface area contributed by atoms with Crippen LogP contribution in [0.1, 0.15) is 19.8 Å². The highest BCUT2D eigenvalue weighted by atomic mass is 16.6. The maximum absolute atomic E-state index is 9.61. The van der Waals surface area contributed by atoms with Crippen LogP contribution in [-0.2, 0) is 4.74 Å². The number of hydrogen-bond donors (Lipinski definition) is 4. The van der Waals surface area contributed by atoms with E-state index in [1.807, 2.05) is 6.92 Å². The van der Waals surface area contributed by atoms with E-state index in [0.717, 1.165) is 0 Å². The van der Waals surface area contributed by atoms with Crippen molar-refractivity contribution in [2.75, 3.05) is 13.7 Å². The lowest BCUT2D eigenvalue weighted by Gasteiger charge is -2.17. The number of allylic oxidation sites excluding steroid dienone is 1. The highest BCUT2D eigenvalue weighted by Crippen LogP contribution is 2.19. The third-order valence-electron chi connectivity index (χ3n) is 2.14. The van der Waals surface area contributed by atoms with Gasteiger partial charge in [0.05, 0.1) is 0 Å². The first-order valence-electron chi connectivity index (χ1n) is 4.58. The molecule has 5 heteroatoms. The predicted octanol–water partition coefficient (Wildman–Crippen LogP) is 0.0881. The van der Waals surface area contributed by atoms with Gasteiger partial charge in [0.25, 0.3) is 0 Å². The minimum absolute atomic E-state index is 0.0288. The molecule has 0 aromatic carbocycles. The van der Waals surface area contributed by atoms with E-state index in [1.165, 1.54) is 7.11 Å². The summed E-state index contributed by atoms with van der Waals surface area (Å²) in [6, 6.07) is 0. The van der Waals surface area contributed by atoms with E-state index in [2.05, 4.69) is 4.74 Å². The number of nitrogens with two attached hydrogens (primary N) is 1. The first kappa shape index (κ1) is 13.2. The average molecular weight is 205 g/mol. The van der Waals surface area contributed by atoms with E-state index in [-0.39, 0.29) is 24.0 Å². The van der Waals surface area contributed by atoms with E-state index < -0.39 is 6.29 Å². The molecule has 0 saturated carbocycles. The molecule has 0 unspecified atom stereocenters. The third kappa shape index (κ3) is 3.53. The van der Waals surface area contributed by atoms with Gasteiger partial charge < -0.3 is 25.8 Å². The smallest absolute Gasteiger partial charge is 0.198 e. The molecule has 0 amide bonds. The first-order chi connectivity index (χ1) is 6.58. The van der Waals surface area contributed by atoms with Crippen LogP contribution in [0.15, 0.2) is 11.5 Å². The second kappa shape index (κ2) is 6.64. The van der Waals surface area contributed by atoms with Crippen molar-refractivity contribution in [3.63, 3.8) is 0 Å². The average Bonchev–Trinajstić information content (AvgIpc) is 2.22. The summed E-state index contributed by atoms with van der Waals surface area (Å²) in [6.07, 6.45) is -0.231. The molecule has 0 aromatic rings. The van der Waals surface area contributed by atoms with Gasteiger partial charge >= 0.3 is 0 Å². The van der Waals surface area contributed by atoms with Gasteiger partial charge in [-0.15, -0.1) is 0 Å². The molecular formula is C9H19NO4. The molecular weight excluding hydrogens is 186 g/mol. The fraction of sp³-hybridized carbons (Fsp3) is 0.778. The Hall–Kier alpha value is -0.780. The van der Waals surface area contributed by atoms with Crippen LogP contribution in [0.5, 0.6) is 0 Å². The van der Waals surface area contributed by atoms with Crippen LogP contribution in [-0.4, -0.2) is 35.3 Å². The van der Waals surface area contributed by atoms with Crippen molar-refractivity contribution in [2.45, 2.75) is 26.1 Å². The minimum Gasteiger partial charge on any atom is -0.510 e. The number of ether oxygens (including phenoxy) is 1. The summed E-state index contributed by atoms with van der Waals surface area (Å²) in [7, 11) is 1.29. The molecule has 0 aliphatic carbocycles. The van der Waals surface area contributed by atoms with Gasteiger partial charge in [-0.2, -0.15) is 0 Å². The van der Waals surface area contributed by atoms with Crippen LogP contribution in [0.2, 0.25) is 0 Å². The van der Waals surface area contributed by atoms with Crippen molar-refractivity contribution in [1.82, 2.24) is 0 Å². The van der Waals surface area contributed by atoms with Crippen molar-refractivity contribution < 1.29 is 20.1 Å². The standard InChI is InChI=1S/C9H19NO4/c1-3-6(4-5-11)8(12)7(10)9(13)14-2/h6,9,11-13H,3-5,10H2,1-2H3/b8-7-/t6-,9+/m1/s1. The predicted molar refractivity (Wildman–Crippen MR) is 52.3 cm³/mol. The fourth-order valence-electron chi connectivity index (χ4n) is 1.18. The van der Waals surface area contributed by atoms with E-state index in [9.17, 15) is 10.2 Å². The second-order valence-electron chi connectivity index (χ2n) is 3.05. The van der Waals surface area contributed by atoms with Gasteiger partial charge in [0.2, 0.25) is 0 Å². The van der Waals surface area contributed by atoms with Gasteiger partial charge in [-0.25, -0.2) is 0 Å². The summed E-state index contributed by atoms with van der Waals surface area (Å²) in [5.74, 6) is -0.333. The van der Waals surface area contributed by atoms with Crippen LogP contribution in [0.25, 0.3) is 0 Å². The SMILES string of the molecule is CC[C@H](CCO)/C(O)=C(/N)[C@@H](O)OC. The highest BCUT2D eigenvalue weighted by molar-refractivity contribution is 5.09. The topological polar surface area (TPSA) is 95.9 Å². The molecule has 0 radical (unpaired) electrons. The Kier molecular flexibility index (Phi) is 6.27. The Labute approximate surface area is 83.8 Å². The van der Waals surface area contributed by atoms with Gasteiger partial charge in [0, 0.05) is 19.6 Å². The highest BCUT2D eigenvalue weighted by Gasteiger charge is 2.18. The normalized spacial score (nSPS) is 17.4. The molecule has 0 aromatic heterocycles. The molecule has 0 rings (SSSR count). The van der Waals surface area contributed by atoms with Crippen LogP contribution >= 0.6 is 0 Å². The van der Waals surface area contributed by atoms with Crippen LogP contribution in [0.3, 0.4) is 0 Å². The zero-order valence-corrected chi connectivity index (χ0v) is 8.60. The van der Waals surface area contributed by atoms with Crippen molar-refractivity contribution in [1.29, 1.82) is 0 Å². The molecule has 0 bridgehead atoms. The molecule has 0 aliphatic rings. The molecule has 2 atom stereocenters. The maximum atomic E-state index is 9.61. The maximum Gasteiger partial charge on any atom is 0.198 e. The summed E-state index contributed by atoms with van der Waals surface area (Å²) in [6.45, 7) is 1.84. The Balaban J connectivity index is 4.58. The number of methoxy groups -OCH3 is 1. The van der Waals surface area contributed by atoms with Crippen molar-refractivity contribution in [3.8, 4) is 0 Å². The van der Waals surface area contributed by atoms with Gasteiger partial charge in [-0.05, 0) is 12.8 Å². The number of aliphatic hydroxyl groups is 3. The number of rotatable bonds is 6. The summed E-state index contributed by atoms with van der Waals surface area (Å²) in [5, 5.41) is 27.5. The second-order valence-corrected chi connectivity index (χ2v) is 3.05. The molecule has 5 nitrogen and oxygen atoms in total. The first-order valence-corrected chi connectivity index (χ1v) is 4.58. The van der Waals surface area contributed by atoms with E-state index in [4.69, 9.17) is 10.8 Å². The quantitative estimate of drug-likeness (QED) is 0.364. The Morgan fingerprint density at radius 1 is 1.50 bits per heavy atom. The molecule has 5 N–H and O–H groups in total. The molecule has 0 aliphatic heterocycles. The van der Waals surface area contributed by atoms with Crippen LogP contribution < -0.4 is 5.73 Å². The molecule has 14 heavy (non-hydrogen) atoms. The number of hydrogen-bond acceptors (Lipinski definition) is 5. The molecule has 0 fully saturated rings. The van der Waals surface area contributed by atoms with Crippen LogP contribution in [0.4, 0.5) is 0 Å². The summed E-state index contributed by atoms with van der Waals surface area (Å²) in [5.41, 5.74) is 5.36. The summed E-state index contributed by atoms with van der Waals surface area (Å²) >= 11 is 0. The fourth-order valence-corrected chi connectivity index (χ4v) is 1.18. The lowest BCUT2D eigenvalue weighted by Crippen LogP contribution is -2.24. The summed E-state index contributed by atoms with van der Waals surface area (Å²) < 4.78 is 4.56. The van der Waals surface area contributed by atoms with Crippen molar-refractivity contribution in [2.24, 2.45) is 11.7 Å². The number of aliphatic hydroxyl groups excluding tert-OH is 3. The van der Waals surface area contributed by atoms with E-state index in [1.54, 1.807) is 0 Å². The lowest BCUT2D eigenvalue weighted by molar-refractivity contribution is -0.0490.